The van der Waals surface area contributed by atoms with Crippen molar-refractivity contribution in [3.8, 4) is 0 Å². The third-order valence-electron chi connectivity index (χ3n) is 3.56. The first-order valence-corrected chi connectivity index (χ1v) is 6.80. The van der Waals surface area contributed by atoms with Crippen LogP contribution in [0.1, 0.15) is 23.5 Å². The summed E-state index contributed by atoms with van der Waals surface area (Å²) in [5.41, 5.74) is 3.19. The van der Waals surface area contributed by atoms with Gasteiger partial charge < -0.3 is 10.6 Å². The van der Waals surface area contributed by atoms with Gasteiger partial charge in [0.15, 0.2) is 0 Å². The maximum Gasteiger partial charge on any atom is 0.233 e. The smallest absolute Gasteiger partial charge is 0.233 e. The number of rotatable bonds is 2. The summed E-state index contributed by atoms with van der Waals surface area (Å²) in [6.45, 7) is 2.79. The van der Waals surface area contributed by atoms with E-state index in [0.29, 0.717) is 5.82 Å². The minimum atomic E-state index is -0.115. The molecule has 1 aliphatic rings. The van der Waals surface area contributed by atoms with Crippen LogP contribution in [0.5, 0.6) is 0 Å². The zero-order chi connectivity index (χ0) is 13.9. The number of fused-ring (bicyclic) bond motifs is 1. The van der Waals surface area contributed by atoms with Crippen molar-refractivity contribution in [3.05, 3.63) is 53.7 Å². The predicted octanol–water partition coefficient (Wildman–Crippen LogP) is 2.93. The first kappa shape index (κ1) is 12.7. The number of hydrogen-bond acceptors (Lipinski definition) is 3. The second-order valence-corrected chi connectivity index (χ2v) is 5.07. The Labute approximate surface area is 118 Å². The molecule has 1 amide bonds. The quantitative estimate of drug-likeness (QED) is 0.879. The Balaban J connectivity index is 1.80. The fourth-order valence-electron chi connectivity index (χ4n) is 2.50. The molecule has 20 heavy (non-hydrogen) atoms. The average molecular weight is 267 g/mol. The summed E-state index contributed by atoms with van der Waals surface area (Å²) in [5, 5.41) is 6.23. The lowest BCUT2D eigenvalue weighted by atomic mass is 9.90. The van der Waals surface area contributed by atoms with Crippen molar-refractivity contribution in [2.75, 3.05) is 17.2 Å². The Morgan fingerprint density at radius 3 is 2.95 bits per heavy atom. The number of pyridine rings is 1. The van der Waals surface area contributed by atoms with Crippen molar-refractivity contribution in [2.24, 2.45) is 0 Å². The van der Waals surface area contributed by atoms with Crippen molar-refractivity contribution >= 4 is 17.4 Å². The minimum Gasteiger partial charge on any atom is -0.385 e. The third-order valence-corrected chi connectivity index (χ3v) is 3.56. The van der Waals surface area contributed by atoms with Gasteiger partial charge in [-0.3, -0.25) is 4.79 Å². The molecule has 1 unspecified atom stereocenters. The lowest BCUT2D eigenvalue weighted by molar-refractivity contribution is -0.117. The van der Waals surface area contributed by atoms with Crippen LogP contribution in [-0.2, 0) is 4.79 Å². The number of hydrogen-bond donors (Lipinski definition) is 2. The second kappa shape index (κ2) is 5.33. The van der Waals surface area contributed by atoms with Crippen molar-refractivity contribution in [1.82, 2.24) is 4.98 Å². The lowest BCUT2D eigenvalue weighted by Gasteiger charge is -2.25. The highest BCUT2D eigenvalue weighted by molar-refractivity contribution is 5.96. The molecule has 1 aromatic carbocycles. The summed E-state index contributed by atoms with van der Waals surface area (Å²) in [6.07, 6.45) is 2.56. The van der Waals surface area contributed by atoms with E-state index in [4.69, 9.17) is 0 Å². The van der Waals surface area contributed by atoms with E-state index in [2.05, 4.69) is 15.6 Å². The Hall–Kier alpha value is -2.36. The van der Waals surface area contributed by atoms with Crippen LogP contribution in [0.2, 0.25) is 0 Å². The van der Waals surface area contributed by atoms with Gasteiger partial charge in [0.1, 0.15) is 5.82 Å². The fourth-order valence-corrected chi connectivity index (χ4v) is 2.50. The molecule has 102 valence electrons. The van der Waals surface area contributed by atoms with Gasteiger partial charge in [0, 0.05) is 18.4 Å². The molecule has 1 aliphatic heterocycles. The molecule has 0 fully saturated rings. The molecule has 2 heterocycles. The van der Waals surface area contributed by atoms with E-state index >= 15 is 0 Å². The Morgan fingerprint density at radius 1 is 1.30 bits per heavy atom. The number of carbonyl (C=O) groups excluding carboxylic acids is 1. The molecule has 1 aromatic heterocycles. The van der Waals surface area contributed by atoms with Crippen LogP contribution in [0, 0.1) is 6.92 Å². The normalized spacial score (nSPS) is 16.9. The highest BCUT2D eigenvalue weighted by atomic mass is 16.1. The Bertz CT molecular complexity index is 622. The molecule has 4 heteroatoms. The van der Waals surface area contributed by atoms with Gasteiger partial charge in [-0.25, -0.2) is 4.98 Å². The molecule has 2 aromatic rings. The molecule has 3 rings (SSSR count). The maximum atomic E-state index is 12.4. The summed E-state index contributed by atoms with van der Waals surface area (Å²) >= 11 is 0. The van der Waals surface area contributed by atoms with Crippen LogP contribution in [0.4, 0.5) is 11.5 Å². The molecular weight excluding hydrogens is 250 g/mol. The Kier molecular flexibility index (Phi) is 3.37. The number of amides is 1. The summed E-state index contributed by atoms with van der Waals surface area (Å²) in [4.78, 5) is 16.7. The van der Waals surface area contributed by atoms with Crippen molar-refractivity contribution in [1.29, 1.82) is 0 Å². The van der Waals surface area contributed by atoms with Crippen LogP contribution < -0.4 is 10.6 Å². The molecule has 4 nitrogen and oxygen atoms in total. The number of nitrogens with zero attached hydrogens (tertiary/aromatic N) is 1. The standard InChI is InChI=1S/C16H17N3O/c1-11-6-7-15(18-10-11)19-16(20)13-8-9-17-14-5-3-2-4-12(13)14/h2-7,10,13,17H,8-9H2,1H3,(H,18,19,20). The van der Waals surface area contributed by atoms with Gasteiger partial charge in [0.05, 0.1) is 5.92 Å². The van der Waals surface area contributed by atoms with Gasteiger partial charge in [0.25, 0.3) is 0 Å². The second-order valence-electron chi connectivity index (χ2n) is 5.07. The number of carbonyl (C=O) groups is 1. The Morgan fingerprint density at radius 2 is 2.15 bits per heavy atom. The monoisotopic (exact) mass is 267 g/mol. The highest BCUT2D eigenvalue weighted by Gasteiger charge is 2.26. The van der Waals surface area contributed by atoms with Gasteiger partial charge in [-0.05, 0) is 36.6 Å². The first-order valence-electron chi connectivity index (χ1n) is 6.80. The van der Waals surface area contributed by atoms with Crippen LogP contribution in [0.3, 0.4) is 0 Å². The summed E-state index contributed by atoms with van der Waals surface area (Å²) in [5.74, 6) is 0.502. The average Bonchev–Trinajstić information content (AvgIpc) is 2.49. The molecule has 0 aliphatic carbocycles. The molecule has 0 bridgehead atoms. The number of para-hydroxylation sites is 1. The number of anilines is 2. The highest BCUT2D eigenvalue weighted by Crippen LogP contribution is 2.31. The van der Waals surface area contributed by atoms with E-state index < -0.39 is 0 Å². The van der Waals surface area contributed by atoms with Gasteiger partial charge in [-0.2, -0.15) is 0 Å². The maximum absolute atomic E-state index is 12.4. The zero-order valence-electron chi connectivity index (χ0n) is 11.4. The molecular formula is C16H17N3O. The van der Waals surface area contributed by atoms with Gasteiger partial charge in [0.2, 0.25) is 5.91 Å². The predicted molar refractivity (Wildman–Crippen MR) is 79.9 cm³/mol. The number of nitrogens with one attached hydrogen (secondary N) is 2. The summed E-state index contributed by atoms with van der Waals surface area (Å²) in [6, 6.07) is 11.7. The van der Waals surface area contributed by atoms with Crippen molar-refractivity contribution in [2.45, 2.75) is 19.3 Å². The molecule has 1 atom stereocenters. The van der Waals surface area contributed by atoms with Gasteiger partial charge in [-0.15, -0.1) is 0 Å². The number of benzene rings is 1. The van der Waals surface area contributed by atoms with Crippen LogP contribution in [0.25, 0.3) is 0 Å². The van der Waals surface area contributed by atoms with Gasteiger partial charge >= 0.3 is 0 Å². The van der Waals surface area contributed by atoms with Crippen LogP contribution >= 0.6 is 0 Å². The molecule has 0 radical (unpaired) electrons. The van der Waals surface area contributed by atoms with Crippen LogP contribution in [-0.4, -0.2) is 17.4 Å². The molecule has 2 N–H and O–H groups in total. The molecule has 0 saturated heterocycles. The zero-order valence-corrected chi connectivity index (χ0v) is 11.4. The lowest BCUT2D eigenvalue weighted by Crippen LogP contribution is -2.27. The van der Waals surface area contributed by atoms with E-state index in [-0.39, 0.29) is 11.8 Å². The summed E-state index contributed by atoms with van der Waals surface area (Å²) in [7, 11) is 0. The van der Waals surface area contributed by atoms with Crippen molar-refractivity contribution < 1.29 is 4.79 Å². The van der Waals surface area contributed by atoms with Crippen molar-refractivity contribution in [3.63, 3.8) is 0 Å². The first-order chi connectivity index (χ1) is 9.74. The SMILES string of the molecule is Cc1ccc(NC(=O)C2CCNc3ccccc32)nc1. The molecule has 0 saturated carbocycles. The van der Waals surface area contributed by atoms with E-state index in [0.717, 1.165) is 29.8 Å². The third kappa shape index (κ3) is 2.50. The summed E-state index contributed by atoms with van der Waals surface area (Å²) < 4.78 is 0. The van der Waals surface area contributed by atoms with E-state index in [1.807, 2.05) is 43.3 Å². The van der Waals surface area contributed by atoms with E-state index in [1.54, 1.807) is 6.20 Å². The van der Waals surface area contributed by atoms with Gasteiger partial charge in [-0.1, -0.05) is 24.3 Å². The fraction of sp³-hybridized carbons (Fsp3) is 0.250. The van der Waals surface area contributed by atoms with Crippen LogP contribution in [0.15, 0.2) is 42.6 Å². The topological polar surface area (TPSA) is 54.0 Å². The number of aryl methyl sites for hydroxylation is 1. The minimum absolute atomic E-state index is 0.00954. The largest absolute Gasteiger partial charge is 0.385 e. The van der Waals surface area contributed by atoms with E-state index in [9.17, 15) is 4.79 Å². The number of aromatic nitrogens is 1. The van der Waals surface area contributed by atoms with E-state index in [1.165, 1.54) is 0 Å². The molecule has 0 spiro atoms.